The number of hydrogen-bond acceptors (Lipinski definition) is 4. The number of aromatic nitrogens is 1. The Morgan fingerprint density at radius 2 is 2.16 bits per heavy atom. The number of hydrogen-bond donors (Lipinski definition) is 3. The first-order valence-corrected chi connectivity index (χ1v) is 5.44. The van der Waals surface area contributed by atoms with Gasteiger partial charge in [-0.2, -0.15) is 0 Å². The molecule has 0 bridgehead atoms. The molecule has 7 nitrogen and oxygen atoms in total. The van der Waals surface area contributed by atoms with Crippen molar-refractivity contribution in [3.63, 3.8) is 0 Å². The molecule has 98 valence electrons. The maximum absolute atomic E-state index is 11.8. The zero-order valence-corrected chi connectivity index (χ0v) is 9.79. The average molecular weight is 261 g/mol. The summed E-state index contributed by atoms with van der Waals surface area (Å²) in [6, 6.07) is 9.25. The van der Waals surface area contributed by atoms with Gasteiger partial charge in [0.05, 0.1) is 6.61 Å². The van der Waals surface area contributed by atoms with Gasteiger partial charge in [-0.25, -0.2) is 4.98 Å². The molecule has 1 aromatic heterocycles. The maximum Gasteiger partial charge on any atom is 0.321 e. The summed E-state index contributed by atoms with van der Waals surface area (Å²) >= 11 is 0. The molecule has 0 aliphatic heterocycles. The van der Waals surface area contributed by atoms with Crippen LogP contribution in [0.5, 0.6) is 0 Å². The van der Waals surface area contributed by atoms with Gasteiger partial charge in [0.1, 0.15) is 0 Å². The van der Waals surface area contributed by atoms with Crippen molar-refractivity contribution in [1.29, 1.82) is 0 Å². The second-order valence-electron chi connectivity index (χ2n) is 3.83. The van der Waals surface area contributed by atoms with E-state index in [1.54, 1.807) is 24.3 Å². The van der Waals surface area contributed by atoms with E-state index in [0.29, 0.717) is 11.3 Å². The van der Waals surface area contributed by atoms with Crippen LogP contribution in [0.25, 0.3) is 0 Å². The van der Waals surface area contributed by atoms with Crippen molar-refractivity contribution in [2.75, 3.05) is 5.32 Å². The molecular weight excluding hydrogens is 250 g/mol. The topological polar surface area (TPSA) is 108 Å². The molecule has 3 N–H and O–H groups in total. The van der Waals surface area contributed by atoms with Crippen LogP contribution in [-0.4, -0.2) is 20.9 Å². The van der Waals surface area contributed by atoms with Crippen LogP contribution in [-0.2, 0) is 6.61 Å². The van der Waals surface area contributed by atoms with Gasteiger partial charge in [0.25, 0.3) is 5.91 Å². The van der Waals surface area contributed by atoms with Crippen LogP contribution < -0.4 is 5.32 Å². The summed E-state index contributed by atoms with van der Waals surface area (Å²) in [6.07, 6.45) is 0. The number of carbonyl (C=O) groups is 1. The Morgan fingerprint density at radius 3 is 2.79 bits per heavy atom. The average Bonchev–Trinajstić information content (AvgIpc) is 2.89. The van der Waals surface area contributed by atoms with E-state index >= 15 is 0 Å². The summed E-state index contributed by atoms with van der Waals surface area (Å²) in [6.45, 7) is -0.127. The predicted molar refractivity (Wildman–Crippen MR) is 67.8 cm³/mol. The number of anilines is 1. The smallest absolute Gasteiger partial charge is 0.321 e. The number of aliphatic hydroxyl groups is 1. The van der Waals surface area contributed by atoms with E-state index in [2.05, 4.69) is 10.3 Å². The molecule has 7 heteroatoms. The zero-order chi connectivity index (χ0) is 13.8. The Morgan fingerprint density at radius 1 is 1.37 bits per heavy atom. The van der Waals surface area contributed by atoms with Gasteiger partial charge in [-0.1, -0.05) is 12.1 Å². The molecule has 0 saturated carbocycles. The second kappa shape index (κ2) is 5.32. The molecule has 1 amide bonds. The molecule has 0 unspecified atom stereocenters. The molecule has 19 heavy (non-hydrogen) atoms. The van der Waals surface area contributed by atoms with Crippen molar-refractivity contribution in [2.45, 2.75) is 6.61 Å². The van der Waals surface area contributed by atoms with Gasteiger partial charge in [0.15, 0.2) is 5.69 Å². The first kappa shape index (κ1) is 12.8. The molecule has 0 atom stereocenters. The Labute approximate surface area is 108 Å². The number of benzene rings is 1. The molecule has 0 spiro atoms. The van der Waals surface area contributed by atoms with Gasteiger partial charge in [-0.05, 0) is 28.7 Å². The number of H-pyrrole nitrogens is 1. The van der Waals surface area contributed by atoms with Crippen molar-refractivity contribution in [3.8, 4) is 0 Å². The highest BCUT2D eigenvalue weighted by molar-refractivity contribution is 6.03. The van der Waals surface area contributed by atoms with Gasteiger partial charge in [-0.15, -0.1) is 0 Å². The molecule has 0 saturated heterocycles. The summed E-state index contributed by atoms with van der Waals surface area (Å²) in [5.41, 5.74) is 1.27. The SMILES string of the molecule is O=C(Nc1cccc(CO)c1)c1ccc([N+](=O)[O-])[nH]1. The van der Waals surface area contributed by atoms with Crippen molar-refractivity contribution in [2.24, 2.45) is 0 Å². The highest BCUT2D eigenvalue weighted by Gasteiger charge is 2.15. The third-order valence-corrected chi connectivity index (χ3v) is 2.48. The maximum atomic E-state index is 11.8. The van der Waals surface area contributed by atoms with Gasteiger partial charge in [0, 0.05) is 11.8 Å². The van der Waals surface area contributed by atoms with Gasteiger partial charge in [-0.3, -0.25) is 4.79 Å². The number of aromatic amines is 1. The minimum absolute atomic E-state index is 0.0982. The molecule has 0 fully saturated rings. The Hall–Kier alpha value is -2.67. The van der Waals surface area contributed by atoms with E-state index < -0.39 is 10.8 Å². The fourth-order valence-electron chi connectivity index (χ4n) is 1.57. The van der Waals surface area contributed by atoms with Crippen LogP contribution in [0, 0.1) is 10.1 Å². The second-order valence-corrected chi connectivity index (χ2v) is 3.83. The quantitative estimate of drug-likeness (QED) is 0.574. The van der Waals surface area contributed by atoms with E-state index in [1.165, 1.54) is 12.1 Å². The van der Waals surface area contributed by atoms with Crippen LogP contribution in [0.2, 0.25) is 0 Å². The predicted octanol–water partition coefficient (Wildman–Crippen LogP) is 1.67. The van der Waals surface area contributed by atoms with Crippen molar-refractivity contribution in [1.82, 2.24) is 4.98 Å². The number of rotatable bonds is 4. The van der Waals surface area contributed by atoms with E-state index in [4.69, 9.17) is 5.11 Å². The molecule has 0 aliphatic rings. The minimum Gasteiger partial charge on any atom is -0.392 e. The lowest BCUT2D eigenvalue weighted by Crippen LogP contribution is -2.12. The number of nitro groups is 1. The summed E-state index contributed by atoms with van der Waals surface area (Å²) in [7, 11) is 0. The fourth-order valence-corrected chi connectivity index (χ4v) is 1.57. The number of amides is 1. The van der Waals surface area contributed by atoms with E-state index in [9.17, 15) is 14.9 Å². The first-order valence-electron chi connectivity index (χ1n) is 5.44. The van der Waals surface area contributed by atoms with Crippen molar-refractivity contribution in [3.05, 3.63) is 57.8 Å². The molecule has 2 rings (SSSR count). The highest BCUT2D eigenvalue weighted by atomic mass is 16.6. The van der Waals surface area contributed by atoms with Crippen molar-refractivity contribution < 1.29 is 14.8 Å². The first-order chi connectivity index (χ1) is 9.10. The van der Waals surface area contributed by atoms with Crippen LogP contribution in [0.15, 0.2) is 36.4 Å². The molecule has 1 heterocycles. The van der Waals surface area contributed by atoms with Gasteiger partial charge < -0.3 is 20.5 Å². The fraction of sp³-hybridized carbons (Fsp3) is 0.0833. The van der Waals surface area contributed by atoms with E-state index in [-0.39, 0.29) is 18.1 Å². The molecule has 0 radical (unpaired) electrons. The van der Waals surface area contributed by atoms with Crippen molar-refractivity contribution >= 4 is 17.4 Å². The summed E-state index contributed by atoms with van der Waals surface area (Å²) < 4.78 is 0. The summed E-state index contributed by atoms with van der Waals surface area (Å²) in [4.78, 5) is 24.1. The van der Waals surface area contributed by atoms with E-state index in [0.717, 1.165) is 0 Å². The van der Waals surface area contributed by atoms with Crippen LogP contribution in [0.3, 0.4) is 0 Å². The Bertz CT molecular complexity index is 621. The van der Waals surface area contributed by atoms with Crippen LogP contribution in [0.4, 0.5) is 11.5 Å². The lowest BCUT2D eigenvalue weighted by atomic mass is 10.2. The standard InChI is InChI=1S/C12H11N3O4/c16-7-8-2-1-3-9(6-8)13-12(17)10-4-5-11(14-10)15(18)19/h1-6,14,16H,7H2,(H,13,17). The lowest BCUT2D eigenvalue weighted by molar-refractivity contribution is -0.389. The monoisotopic (exact) mass is 261 g/mol. The lowest BCUT2D eigenvalue weighted by Gasteiger charge is -2.04. The highest BCUT2D eigenvalue weighted by Crippen LogP contribution is 2.14. The van der Waals surface area contributed by atoms with Crippen LogP contribution in [0.1, 0.15) is 16.1 Å². The van der Waals surface area contributed by atoms with Gasteiger partial charge in [0.2, 0.25) is 0 Å². The molecule has 2 aromatic rings. The van der Waals surface area contributed by atoms with E-state index in [1.807, 2.05) is 0 Å². The number of carbonyl (C=O) groups excluding carboxylic acids is 1. The van der Waals surface area contributed by atoms with Crippen LogP contribution >= 0.6 is 0 Å². The summed E-state index contributed by atoms with van der Waals surface area (Å²) in [5.74, 6) is -0.725. The Balaban J connectivity index is 2.13. The normalized spacial score (nSPS) is 10.2. The minimum atomic E-state index is -0.608. The number of aliphatic hydroxyl groups excluding tert-OH is 1. The molecular formula is C12H11N3O4. The third kappa shape index (κ3) is 2.96. The molecule has 1 aromatic carbocycles. The number of nitrogens with one attached hydrogen (secondary N) is 2. The summed E-state index contributed by atoms with van der Waals surface area (Å²) in [5, 5.41) is 22.1. The van der Waals surface area contributed by atoms with Gasteiger partial charge >= 0.3 is 5.82 Å². The molecule has 0 aliphatic carbocycles. The number of nitrogens with zero attached hydrogens (tertiary/aromatic N) is 1. The third-order valence-electron chi connectivity index (χ3n) is 2.48. The largest absolute Gasteiger partial charge is 0.392 e. The Kier molecular flexibility index (Phi) is 3.58. The zero-order valence-electron chi connectivity index (χ0n) is 9.79.